The number of pyridine rings is 1. The normalized spacial score (nSPS) is 12.6. The Hall–Kier alpha value is -1.73. The van der Waals surface area contributed by atoms with Crippen LogP contribution >= 0.6 is 15.9 Å². The second-order valence-corrected chi connectivity index (χ2v) is 6.93. The Labute approximate surface area is 143 Å². The summed E-state index contributed by atoms with van der Waals surface area (Å²) in [5.74, 6) is 0.0178. The van der Waals surface area contributed by atoms with Crippen LogP contribution in [0.25, 0.3) is 11.0 Å². The summed E-state index contributed by atoms with van der Waals surface area (Å²) in [6.07, 6.45) is 3.95. The van der Waals surface area contributed by atoms with Gasteiger partial charge in [0.1, 0.15) is 5.65 Å². The molecule has 0 aromatic carbocycles. The van der Waals surface area contributed by atoms with Crippen molar-refractivity contribution in [1.82, 2.24) is 9.97 Å². The van der Waals surface area contributed by atoms with Gasteiger partial charge in [0, 0.05) is 34.1 Å². The van der Waals surface area contributed by atoms with Crippen LogP contribution in [0, 0.1) is 17.2 Å². The number of nitrogens with two attached hydrogens (primary N) is 1. The SMILES string of the molecule is CC(C)C(=O)Nc1c[nH]c2ncc(Br)c(C(=N)C[C@@H](C)CN)c12. The molecule has 5 N–H and O–H groups in total. The molecule has 0 saturated carbocycles. The van der Waals surface area contributed by atoms with Crippen LogP contribution in [0.15, 0.2) is 16.9 Å². The highest BCUT2D eigenvalue weighted by atomic mass is 79.9. The summed E-state index contributed by atoms with van der Waals surface area (Å²) in [6.45, 7) is 6.21. The number of aromatic amines is 1. The fourth-order valence-electron chi connectivity index (χ4n) is 2.28. The highest BCUT2D eigenvalue weighted by Gasteiger charge is 2.19. The van der Waals surface area contributed by atoms with E-state index in [1.165, 1.54) is 0 Å². The van der Waals surface area contributed by atoms with Crippen molar-refractivity contribution in [3.8, 4) is 0 Å². The molecular formula is C16H22BrN5O. The molecule has 7 heteroatoms. The number of aromatic nitrogens is 2. The van der Waals surface area contributed by atoms with Crippen molar-refractivity contribution in [2.45, 2.75) is 27.2 Å². The number of halogens is 1. The van der Waals surface area contributed by atoms with Gasteiger partial charge < -0.3 is 21.4 Å². The number of rotatable bonds is 6. The molecule has 2 aromatic heterocycles. The minimum Gasteiger partial charge on any atom is -0.344 e. The first-order chi connectivity index (χ1) is 10.8. The number of H-pyrrole nitrogens is 1. The Morgan fingerprint density at radius 1 is 1.48 bits per heavy atom. The van der Waals surface area contributed by atoms with Crippen LogP contribution < -0.4 is 11.1 Å². The predicted octanol–water partition coefficient (Wildman–Crippen LogP) is 3.27. The number of fused-ring (bicyclic) bond motifs is 1. The van der Waals surface area contributed by atoms with E-state index in [9.17, 15) is 4.79 Å². The van der Waals surface area contributed by atoms with E-state index < -0.39 is 0 Å². The molecule has 6 nitrogen and oxygen atoms in total. The lowest BCUT2D eigenvalue weighted by atomic mass is 9.97. The van der Waals surface area contributed by atoms with E-state index in [0.29, 0.717) is 30.0 Å². The maximum Gasteiger partial charge on any atom is 0.226 e. The van der Waals surface area contributed by atoms with Crippen molar-refractivity contribution in [2.75, 3.05) is 11.9 Å². The van der Waals surface area contributed by atoms with Crippen molar-refractivity contribution in [1.29, 1.82) is 5.41 Å². The second kappa shape index (κ2) is 7.23. The number of carbonyl (C=O) groups excluding carboxylic acids is 1. The molecule has 0 aliphatic carbocycles. The highest BCUT2D eigenvalue weighted by Crippen LogP contribution is 2.32. The van der Waals surface area contributed by atoms with Gasteiger partial charge in [-0.15, -0.1) is 0 Å². The fourth-order valence-corrected chi connectivity index (χ4v) is 2.82. The summed E-state index contributed by atoms with van der Waals surface area (Å²) < 4.78 is 0.735. The van der Waals surface area contributed by atoms with Gasteiger partial charge >= 0.3 is 0 Å². The summed E-state index contributed by atoms with van der Waals surface area (Å²) in [5.41, 5.74) is 8.19. The quantitative estimate of drug-likeness (QED) is 0.578. The molecule has 0 bridgehead atoms. The lowest BCUT2D eigenvalue weighted by Gasteiger charge is -2.14. The Morgan fingerprint density at radius 2 is 2.17 bits per heavy atom. The van der Waals surface area contributed by atoms with Gasteiger partial charge in [-0.3, -0.25) is 4.79 Å². The van der Waals surface area contributed by atoms with Gasteiger partial charge in [0.05, 0.1) is 11.1 Å². The topological polar surface area (TPSA) is 108 Å². The monoisotopic (exact) mass is 379 g/mol. The standard InChI is InChI=1S/C16H22BrN5O/c1-8(2)16(23)22-12-7-21-15-14(12)13(10(17)6-20-15)11(19)4-9(3)5-18/h6-9,19H,4-5,18H2,1-3H3,(H,20,21)(H,22,23)/t9-/m1/s1. The average Bonchev–Trinajstić information content (AvgIpc) is 2.89. The van der Waals surface area contributed by atoms with E-state index in [-0.39, 0.29) is 17.7 Å². The Kier molecular flexibility index (Phi) is 5.54. The van der Waals surface area contributed by atoms with Crippen molar-refractivity contribution < 1.29 is 4.79 Å². The van der Waals surface area contributed by atoms with E-state index in [2.05, 4.69) is 31.2 Å². The summed E-state index contributed by atoms with van der Waals surface area (Å²) in [7, 11) is 0. The van der Waals surface area contributed by atoms with E-state index in [1.807, 2.05) is 20.8 Å². The van der Waals surface area contributed by atoms with E-state index >= 15 is 0 Å². The summed E-state index contributed by atoms with van der Waals surface area (Å²) in [6, 6.07) is 0. The maximum atomic E-state index is 12.0. The number of amides is 1. The first kappa shape index (κ1) is 17.6. The third-order valence-electron chi connectivity index (χ3n) is 3.69. The molecule has 0 radical (unpaired) electrons. The van der Waals surface area contributed by atoms with Crippen molar-refractivity contribution in [3.05, 3.63) is 22.4 Å². The largest absolute Gasteiger partial charge is 0.344 e. The van der Waals surface area contributed by atoms with Gasteiger partial charge in [0.15, 0.2) is 0 Å². The van der Waals surface area contributed by atoms with Crippen LogP contribution in [-0.2, 0) is 4.79 Å². The maximum absolute atomic E-state index is 12.0. The lowest BCUT2D eigenvalue weighted by molar-refractivity contribution is -0.118. The molecule has 0 spiro atoms. The zero-order valence-corrected chi connectivity index (χ0v) is 15.1. The zero-order valence-electron chi connectivity index (χ0n) is 13.5. The smallest absolute Gasteiger partial charge is 0.226 e. The summed E-state index contributed by atoms with van der Waals surface area (Å²) in [4.78, 5) is 19.4. The van der Waals surface area contributed by atoms with Crippen LogP contribution in [0.5, 0.6) is 0 Å². The van der Waals surface area contributed by atoms with Crippen molar-refractivity contribution in [3.63, 3.8) is 0 Å². The molecule has 2 heterocycles. The van der Waals surface area contributed by atoms with Crippen molar-refractivity contribution >= 4 is 44.3 Å². The van der Waals surface area contributed by atoms with Crippen LogP contribution in [0.4, 0.5) is 5.69 Å². The molecular weight excluding hydrogens is 358 g/mol. The van der Waals surface area contributed by atoms with Gasteiger partial charge in [-0.1, -0.05) is 20.8 Å². The van der Waals surface area contributed by atoms with Gasteiger partial charge in [-0.05, 0) is 34.8 Å². The Balaban J connectivity index is 2.50. The number of nitrogens with zero attached hydrogens (tertiary/aromatic N) is 1. The molecule has 23 heavy (non-hydrogen) atoms. The Bertz CT molecular complexity index is 737. The number of carbonyl (C=O) groups is 1. The molecule has 0 aliphatic heterocycles. The van der Waals surface area contributed by atoms with Crippen LogP contribution in [0.3, 0.4) is 0 Å². The molecule has 1 atom stereocenters. The molecule has 0 saturated heterocycles. The third kappa shape index (κ3) is 3.79. The molecule has 0 unspecified atom stereocenters. The van der Waals surface area contributed by atoms with Gasteiger partial charge in [-0.2, -0.15) is 0 Å². The minimum absolute atomic E-state index is 0.0707. The van der Waals surface area contributed by atoms with Crippen LogP contribution in [-0.4, -0.2) is 28.1 Å². The van der Waals surface area contributed by atoms with Gasteiger partial charge in [-0.25, -0.2) is 4.98 Å². The highest BCUT2D eigenvalue weighted by molar-refractivity contribution is 9.10. The van der Waals surface area contributed by atoms with E-state index in [4.69, 9.17) is 11.1 Å². The van der Waals surface area contributed by atoms with Crippen LogP contribution in [0.2, 0.25) is 0 Å². The molecule has 0 fully saturated rings. The van der Waals surface area contributed by atoms with E-state index in [0.717, 1.165) is 15.4 Å². The predicted molar refractivity (Wildman–Crippen MR) is 96.9 cm³/mol. The molecule has 0 aliphatic rings. The van der Waals surface area contributed by atoms with Crippen molar-refractivity contribution in [2.24, 2.45) is 17.6 Å². The number of hydrogen-bond acceptors (Lipinski definition) is 4. The third-order valence-corrected chi connectivity index (χ3v) is 4.30. The second-order valence-electron chi connectivity index (χ2n) is 6.07. The molecule has 124 valence electrons. The number of anilines is 1. The average molecular weight is 380 g/mol. The first-order valence-electron chi connectivity index (χ1n) is 7.59. The number of nitrogens with one attached hydrogen (secondary N) is 3. The molecule has 2 aromatic rings. The van der Waals surface area contributed by atoms with Gasteiger partial charge in [0.25, 0.3) is 0 Å². The Morgan fingerprint density at radius 3 is 2.78 bits per heavy atom. The summed E-state index contributed by atoms with van der Waals surface area (Å²) in [5, 5.41) is 12.1. The summed E-state index contributed by atoms with van der Waals surface area (Å²) >= 11 is 3.48. The lowest BCUT2D eigenvalue weighted by Crippen LogP contribution is -2.18. The minimum atomic E-state index is -0.125. The fraction of sp³-hybridized carbons (Fsp3) is 0.438. The molecule has 2 rings (SSSR count). The van der Waals surface area contributed by atoms with E-state index in [1.54, 1.807) is 12.4 Å². The zero-order chi connectivity index (χ0) is 17.1. The number of hydrogen-bond donors (Lipinski definition) is 4. The van der Waals surface area contributed by atoms with Crippen LogP contribution in [0.1, 0.15) is 32.8 Å². The van der Waals surface area contributed by atoms with Gasteiger partial charge in [0.2, 0.25) is 5.91 Å². The first-order valence-corrected chi connectivity index (χ1v) is 8.38. The molecule has 1 amide bonds.